The second kappa shape index (κ2) is 11.5. The first-order valence-corrected chi connectivity index (χ1v) is 10.7. The zero-order valence-corrected chi connectivity index (χ0v) is 19.1. The summed E-state index contributed by atoms with van der Waals surface area (Å²) in [5.74, 6) is -0.315. The Morgan fingerprint density at radius 1 is 1.07 bits per heavy atom. The zero-order chi connectivity index (χ0) is 22.1. The summed E-state index contributed by atoms with van der Waals surface area (Å²) in [6, 6.07) is 12.9. The molecule has 2 aromatic heterocycles. The molecule has 0 aliphatic carbocycles. The molecule has 0 bridgehead atoms. The highest BCUT2D eigenvalue weighted by molar-refractivity contribution is 5.89. The minimum absolute atomic E-state index is 0.315. The van der Waals surface area contributed by atoms with E-state index in [0.29, 0.717) is 17.6 Å². The highest BCUT2D eigenvalue weighted by atomic mass is 16.5. The third kappa shape index (κ3) is 6.42. The Bertz CT molecular complexity index is 923. The van der Waals surface area contributed by atoms with Gasteiger partial charge in [0.1, 0.15) is 5.65 Å². The van der Waals surface area contributed by atoms with E-state index in [2.05, 4.69) is 55.6 Å². The number of pyridine rings is 1. The van der Waals surface area contributed by atoms with E-state index in [-0.39, 0.29) is 5.97 Å². The molecule has 3 aromatic rings. The molecule has 0 aliphatic heterocycles. The normalized spacial score (nSPS) is 12.7. The molecule has 0 spiro atoms. The molecule has 1 aromatic carbocycles. The second-order valence-corrected chi connectivity index (χ2v) is 7.78. The molecule has 162 valence electrons. The fourth-order valence-corrected chi connectivity index (χ4v) is 3.14. The van der Waals surface area contributed by atoms with E-state index in [1.165, 1.54) is 30.9 Å². The minimum Gasteiger partial charge on any atom is -0.465 e. The van der Waals surface area contributed by atoms with Crippen LogP contribution >= 0.6 is 0 Å². The number of fused-ring (bicyclic) bond motifs is 1. The molecule has 0 saturated carbocycles. The van der Waals surface area contributed by atoms with E-state index in [9.17, 15) is 4.79 Å². The van der Waals surface area contributed by atoms with Crippen LogP contribution < -0.4 is 5.32 Å². The van der Waals surface area contributed by atoms with E-state index >= 15 is 0 Å². The van der Waals surface area contributed by atoms with Crippen molar-refractivity contribution >= 4 is 17.0 Å². The summed E-state index contributed by atoms with van der Waals surface area (Å²) < 4.78 is 6.81. The number of nitrogens with zero attached hydrogens (tertiary/aromatic N) is 2. The average Bonchev–Trinajstić information content (AvgIpc) is 3.18. The number of carbonyl (C=O) groups is 1. The Hall–Kier alpha value is -2.66. The van der Waals surface area contributed by atoms with Gasteiger partial charge in [-0.05, 0) is 69.0 Å². The Labute approximate surface area is 180 Å². The van der Waals surface area contributed by atoms with E-state index in [1.54, 1.807) is 12.1 Å². The van der Waals surface area contributed by atoms with E-state index in [0.717, 1.165) is 17.8 Å². The highest BCUT2D eigenvalue weighted by Gasteiger charge is 2.07. The number of nitrogens with one attached hydrogen (secondary N) is 1. The molecule has 0 amide bonds. The summed E-state index contributed by atoms with van der Waals surface area (Å²) in [4.78, 5) is 15.9. The number of esters is 1. The van der Waals surface area contributed by atoms with Crippen LogP contribution in [-0.2, 0) is 11.3 Å². The van der Waals surface area contributed by atoms with Gasteiger partial charge < -0.3 is 14.6 Å². The molecule has 1 N–H and O–H groups in total. The number of hydrogen-bond acceptors (Lipinski definition) is 4. The van der Waals surface area contributed by atoms with Crippen molar-refractivity contribution in [1.82, 2.24) is 14.9 Å². The number of benzene rings is 1. The van der Waals surface area contributed by atoms with Crippen molar-refractivity contribution in [2.24, 2.45) is 0 Å². The van der Waals surface area contributed by atoms with Gasteiger partial charge >= 0.3 is 5.97 Å². The van der Waals surface area contributed by atoms with Crippen LogP contribution in [0.5, 0.6) is 0 Å². The lowest BCUT2D eigenvalue weighted by Gasteiger charge is -2.16. The van der Waals surface area contributed by atoms with Gasteiger partial charge in [0.05, 0.1) is 12.7 Å². The molecule has 0 fully saturated rings. The second-order valence-electron chi connectivity index (χ2n) is 7.78. The lowest BCUT2D eigenvalue weighted by molar-refractivity contribution is 0.0600. The summed E-state index contributed by atoms with van der Waals surface area (Å²) >= 11 is 0. The highest BCUT2D eigenvalue weighted by Crippen LogP contribution is 2.18. The van der Waals surface area contributed by atoms with Crippen molar-refractivity contribution in [2.45, 2.75) is 66.1 Å². The van der Waals surface area contributed by atoms with Gasteiger partial charge in [-0.3, -0.25) is 0 Å². The molecule has 30 heavy (non-hydrogen) atoms. The van der Waals surface area contributed by atoms with Crippen molar-refractivity contribution in [1.29, 1.82) is 0 Å². The zero-order valence-electron chi connectivity index (χ0n) is 19.1. The summed E-state index contributed by atoms with van der Waals surface area (Å²) in [6.07, 6.45) is 6.32. The number of aryl methyl sites for hydroxylation is 1. The molecule has 5 nitrogen and oxygen atoms in total. The van der Waals surface area contributed by atoms with Gasteiger partial charge in [0.2, 0.25) is 0 Å². The van der Waals surface area contributed by atoms with E-state index in [4.69, 9.17) is 4.74 Å². The molecule has 2 unspecified atom stereocenters. The smallest absolute Gasteiger partial charge is 0.337 e. The number of carbonyl (C=O) groups excluding carboxylic acids is 1. The first-order valence-electron chi connectivity index (χ1n) is 10.7. The van der Waals surface area contributed by atoms with Crippen molar-refractivity contribution in [2.75, 3.05) is 7.11 Å². The van der Waals surface area contributed by atoms with Crippen LogP contribution in [0.4, 0.5) is 0 Å². The number of aromatic nitrogens is 2. The fraction of sp³-hybridized carbons (Fsp3) is 0.440. The number of rotatable bonds is 7. The van der Waals surface area contributed by atoms with Gasteiger partial charge in [0, 0.05) is 36.4 Å². The van der Waals surface area contributed by atoms with E-state index < -0.39 is 0 Å². The SMILES string of the molecule is CCC(C)NC(C)CC.COC(=O)c1ccc(Cn2ccc3c(C)ccnc32)cc1. The monoisotopic (exact) mass is 409 g/mol. The van der Waals surface area contributed by atoms with Gasteiger partial charge in [-0.25, -0.2) is 9.78 Å². The van der Waals surface area contributed by atoms with Crippen LogP contribution in [0.15, 0.2) is 48.8 Å². The summed E-state index contributed by atoms with van der Waals surface area (Å²) in [7, 11) is 1.39. The van der Waals surface area contributed by atoms with Crippen LogP contribution in [0.2, 0.25) is 0 Å². The third-order valence-electron chi connectivity index (χ3n) is 5.40. The Kier molecular flexibility index (Phi) is 9.06. The topological polar surface area (TPSA) is 56.1 Å². The van der Waals surface area contributed by atoms with Crippen molar-refractivity contribution in [3.63, 3.8) is 0 Å². The van der Waals surface area contributed by atoms with Crippen molar-refractivity contribution < 1.29 is 9.53 Å². The van der Waals surface area contributed by atoms with Crippen molar-refractivity contribution in [3.05, 3.63) is 65.5 Å². The summed E-state index contributed by atoms with van der Waals surface area (Å²) in [5.41, 5.74) is 3.88. The lowest BCUT2D eigenvalue weighted by atomic mass is 10.1. The summed E-state index contributed by atoms with van der Waals surface area (Å²) in [5, 5.41) is 4.65. The molecule has 3 rings (SSSR count). The maximum Gasteiger partial charge on any atom is 0.337 e. The number of ether oxygens (including phenoxy) is 1. The molecule has 0 radical (unpaired) electrons. The van der Waals surface area contributed by atoms with Gasteiger partial charge in [0.25, 0.3) is 0 Å². The Morgan fingerprint density at radius 3 is 2.27 bits per heavy atom. The maximum atomic E-state index is 11.4. The van der Waals surface area contributed by atoms with Gasteiger partial charge in [-0.15, -0.1) is 0 Å². The van der Waals surface area contributed by atoms with Crippen LogP contribution in [-0.4, -0.2) is 34.7 Å². The maximum absolute atomic E-state index is 11.4. The predicted octanol–water partition coefficient (Wildman–Crippen LogP) is 5.35. The fourth-order valence-electron chi connectivity index (χ4n) is 3.14. The molecular formula is C25H35N3O2. The number of methoxy groups -OCH3 is 1. The van der Waals surface area contributed by atoms with Crippen LogP contribution in [0.1, 0.15) is 62.0 Å². The molecule has 0 saturated heterocycles. The molecule has 5 heteroatoms. The first-order chi connectivity index (χ1) is 14.4. The summed E-state index contributed by atoms with van der Waals surface area (Å²) in [6.45, 7) is 11.7. The minimum atomic E-state index is -0.315. The van der Waals surface area contributed by atoms with Gasteiger partial charge in [0.15, 0.2) is 0 Å². The number of hydrogen-bond donors (Lipinski definition) is 1. The largest absolute Gasteiger partial charge is 0.465 e. The van der Waals surface area contributed by atoms with Gasteiger partial charge in [-0.2, -0.15) is 0 Å². The average molecular weight is 410 g/mol. The van der Waals surface area contributed by atoms with Crippen LogP contribution in [0, 0.1) is 6.92 Å². The van der Waals surface area contributed by atoms with Crippen LogP contribution in [0.25, 0.3) is 11.0 Å². The predicted molar refractivity (Wildman–Crippen MR) is 124 cm³/mol. The molecule has 2 atom stereocenters. The quantitative estimate of drug-likeness (QED) is 0.534. The molecule has 2 heterocycles. The Morgan fingerprint density at radius 2 is 1.70 bits per heavy atom. The molecule has 0 aliphatic rings. The van der Waals surface area contributed by atoms with Gasteiger partial charge in [-0.1, -0.05) is 26.0 Å². The third-order valence-corrected chi connectivity index (χ3v) is 5.40. The molecular weight excluding hydrogens is 374 g/mol. The van der Waals surface area contributed by atoms with Crippen LogP contribution in [0.3, 0.4) is 0 Å². The standard InChI is InChI=1S/C17H16N2O2.C8H19N/c1-12-7-9-18-16-15(12)8-10-19(16)11-13-3-5-14(6-4-13)17(20)21-2;1-5-7(3)9-8(4)6-2/h3-10H,11H2,1-2H3;7-9H,5-6H2,1-4H3. The van der Waals surface area contributed by atoms with E-state index in [1.807, 2.05) is 30.6 Å². The van der Waals surface area contributed by atoms with Crippen molar-refractivity contribution in [3.8, 4) is 0 Å². The lowest BCUT2D eigenvalue weighted by Crippen LogP contribution is -2.33. The Balaban J connectivity index is 0.000000303. The first kappa shape index (κ1) is 23.6.